The number of hydrogen-bond donors (Lipinski definition) is 2. The molecule has 2 amide bonds. The van der Waals surface area contributed by atoms with Crippen molar-refractivity contribution in [2.75, 3.05) is 12.4 Å². The maximum atomic E-state index is 11.9. The Labute approximate surface area is 120 Å². The van der Waals surface area contributed by atoms with E-state index < -0.39 is 6.04 Å². The number of hydrogen-bond acceptors (Lipinski definition) is 3. The summed E-state index contributed by atoms with van der Waals surface area (Å²) in [6.07, 6.45) is 0. The number of benzene rings is 1. The number of carbonyl (C=O) groups excluding carboxylic acids is 2. The van der Waals surface area contributed by atoms with E-state index in [1.54, 1.807) is 11.9 Å². The molecule has 0 heterocycles. The van der Waals surface area contributed by atoms with Gasteiger partial charge in [0, 0.05) is 26.2 Å². The average Bonchev–Trinajstić information content (AvgIpc) is 2.37. The van der Waals surface area contributed by atoms with E-state index in [4.69, 9.17) is 5.73 Å². The monoisotopic (exact) mass is 277 g/mol. The Hall–Kier alpha value is -1.88. The molecule has 0 saturated heterocycles. The van der Waals surface area contributed by atoms with E-state index in [0.717, 1.165) is 5.56 Å². The smallest absolute Gasteiger partial charge is 0.241 e. The van der Waals surface area contributed by atoms with Crippen LogP contribution in [0.3, 0.4) is 0 Å². The third-order valence-corrected chi connectivity index (χ3v) is 3.17. The Morgan fingerprint density at radius 1 is 1.35 bits per heavy atom. The number of nitrogens with one attached hydrogen (secondary N) is 1. The van der Waals surface area contributed by atoms with E-state index in [9.17, 15) is 9.59 Å². The Morgan fingerprint density at radius 3 is 2.55 bits per heavy atom. The minimum absolute atomic E-state index is 0.00117. The van der Waals surface area contributed by atoms with Crippen molar-refractivity contribution in [2.45, 2.75) is 33.4 Å². The van der Waals surface area contributed by atoms with Crippen molar-refractivity contribution >= 4 is 17.5 Å². The highest BCUT2D eigenvalue weighted by Crippen LogP contribution is 2.13. The molecule has 0 spiro atoms. The standard InChI is InChI=1S/C15H23N3O2/c1-10(2)14(16)15(20)17-13-7-5-6-12(8-13)9-18(4)11(3)19/h5-8,10,14H,9,16H2,1-4H3,(H,17,20)/t14-/m1/s1. The zero-order valence-electron chi connectivity index (χ0n) is 12.5. The second-order valence-corrected chi connectivity index (χ2v) is 5.33. The van der Waals surface area contributed by atoms with Crippen molar-refractivity contribution < 1.29 is 9.59 Å². The van der Waals surface area contributed by atoms with Crippen molar-refractivity contribution in [3.05, 3.63) is 29.8 Å². The van der Waals surface area contributed by atoms with Crippen LogP contribution in [0.4, 0.5) is 5.69 Å². The van der Waals surface area contributed by atoms with Crippen LogP contribution >= 0.6 is 0 Å². The first kappa shape index (κ1) is 16.2. The first-order chi connectivity index (χ1) is 9.31. The molecule has 0 aliphatic heterocycles. The largest absolute Gasteiger partial charge is 0.342 e. The Balaban J connectivity index is 2.73. The molecule has 5 nitrogen and oxygen atoms in total. The summed E-state index contributed by atoms with van der Waals surface area (Å²) in [5, 5.41) is 2.80. The van der Waals surface area contributed by atoms with E-state index in [-0.39, 0.29) is 17.7 Å². The normalized spacial score (nSPS) is 12.1. The zero-order chi connectivity index (χ0) is 15.3. The molecule has 0 radical (unpaired) electrons. The third kappa shape index (κ3) is 4.66. The highest BCUT2D eigenvalue weighted by Gasteiger charge is 2.17. The molecule has 1 aromatic carbocycles. The van der Waals surface area contributed by atoms with E-state index in [1.165, 1.54) is 6.92 Å². The van der Waals surface area contributed by atoms with Gasteiger partial charge in [0.2, 0.25) is 11.8 Å². The first-order valence-electron chi connectivity index (χ1n) is 6.68. The lowest BCUT2D eigenvalue weighted by molar-refractivity contribution is -0.128. The van der Waals surface area contributed by atoms with Crippen LogP contribution in [-0.4, -0.2) is 29.8 Å². The number of nitrogens with zero attached hydrogens (tertiary/aromatic N) is 1. The lowest BCUT2D eigenvalue weighted by Gasteiger charge is -2.17. The molecule has 0 bridgehead atoms. The molecule has 1 rings (SSSR count). The summed E-state index contributed by atoms with van der Waals surface area (Å²) >= 11 is 0. The van der Waals surface area contributed by atoms with Crippen molar-refractivity contribution in [3.8, 4) is 0 Å². The molecule has 1 aromatic rings. The molecule has 0 aliphatic rings. The lowest BCUT2D eigenvalue weighted by atomic mass is 10.0. The Morgan fingerprint density at radius 2 is 2.00 bits per heavy atom. The first-order valence-corrected chi connectivity index (χ1v) is 6.68. The molecule has 110 valence electrons. The molecule has 0 aromatic heterocycles. The van der Waals surface area contributed by atoms with Crippen molar-refractivity contribution in [3.63, 3.8) is 0 Å². The van der Waals surface area contributed by atoms with Crippen LogP contribution in [0.2, 0.25) is 0 Å². The van der Waals surface area contributed by atoms with Gasteiger partial charge in [0.25, 0.3) is 0 Å². The fraction of sp³-hybridized carbons (Fsp3) is 0.467. The van der Waals surface area contributed by atoms with Gasteiger partial charge in [-0.3, -0.25) is 9.59 Å². The van der Waals surface area contributed by atoms with Crippen molar-refractivity contribution in [2.24, 2.45) is 11.7 Å². The topological polar surface area (TPSA) is 75.4 Å². The second-order valence-electron chi connectivity index (χ2n) is 5.33. The van der Waals surface area contributed by atoms with Gasteiger partial charge in [-0.2, -0.15) is 0 Å². The maximum Gasteiger partial charge on any atom is 0.241 e. The van der Waals surface area contributed by atoms with Gasteiger partial charge in [-0.15, -0.1) is 0 Å². The zero-order valence-corrected chi connectivity index (χ0v) is 12.5. The molecule has 0 fully saturated rings. The summed E-state index contributed by atoms with van der Waals surface area (Å²) in [7, 11) is 1.74. The van der Waals surface area contributed by atoms with Crippen molar-refractivity contribution in [1.82, 2.24) is 4.90 Å². The molecule has 20 heavy (non-hydrogen) atoms. The van der Waals surface area contributed by atoms with Gasteiger partial charge in [-0.05, 0) is 23.6 Å². The predicted octanol–water partition coefficient (Wildman–Crippen LogP) is 1.59. The van der Waals surface area contributed by atoms with Gasteiger partial charge in [0.1, 0.15) is 0 Å². The van der Waals surface area contributed by atoms with Crippen LogP contribution in [0.25, 0.3) is 0 Å². The molecule has 0 saturated carbocycles. The van der Waals surface area contributed by atoms with Gasteiger partial charge >= 0.3 is 0 Å². The minimum atomic E-state index is -0.529. The van der Waals surface area contributed by atoms with Gasteiger partial charge in [0.15, 0.2) is 0 Å². The van der Waals surface area contributed by atoms with Crippen LogP contribution < -0.4 is 11.1 Å². The van der Waals surface area contributed by atoms with E-state index in [1.807, 2.05) is 38.1 Å². The average molecular weight is 277 g/mol. The number of nitrogens with two attached hydrogens (primary N) is 1. The fourth-order valence-corrected chi connectivity index (χ4v) is 1.66. The van der Waals surface area contributed by atoms with Crippen LogP contribution in [0.15, 0.2) is 24.3 Å². The maximum absolute atomic E-state index is 11.9. The fourth-order valence-electron chi connectivity index (χ4n) is 1.66. The van der Waals surface area contributed by atoms with Crippen LogP contribution in [0, 0.1) is 5.92 Å². The molecule has 1 atom stereocenters. The summed E-state index contributed by atoms with van der Waals surface area (Å²) in [4.78, 5) is 24.7. The van der Waals surface area contributed by atoms with Crippen molar-refractivity contribution in [1.29, 1.82) is 0 Å². The SMILES string of the molecule is CC(=O)N(C)Cc1cccc(NC(=O)[C@H](N)C(C)C)c1. The van der Waals surface area contributed by atoms with Crippen LogP contribution in [-0.2, 0) is 16.1 Å². The summed E-state index contributed by atoms with van der Waals surface area (Å²) in [5.41, 5.74) is 7.45. The Bertz CT molecular complexity index is 486. The highest BCUT2D eigenvalue weighted by atomic mass is 16.2. The molecule has 3 N–H and O–H groups in total. The lowest BCUT2D eigenvalue weighted by Crippen LogP contribution is -2.39. The predicted molar refractivity (Wildman–Crippen MR) is 80.0 cm³/mol. The number of anilines is 1. The molecule has 0 unspecified atom stereocenters. The van der Waals surface area contributed by atoms with Gasteiger partial charge in [-0.25, -0.2) is 0 Å². The van der Waals surface area contributed by atoms with E-state index in [2.05, 4.69) is 5.32 Å². The molecular weight excluding hydrogens is 254 g/mol. The molecular formula is C15H23N3O2. The third-order valence-electron chi connectivity index (χ3n) is 3.17. The summed E-state index contributed by atoms with van der Waals surface area (Å²) in [6.45, 7) is 5.84. The summed E-state index contributed by atoms with van der Waals surface area (Å²) in [5.74, 6) is -0.111. The van der Waals surface area contributed by atoms with E-state index in [0.29, 0.717) is 12.2 Å². The Kier molecular flexibility index (Phi) is 5.70. The van der Waals surface area contributed by atoms with Crippen LogP contribution in [0.5, 0.6) is 0 Å². The summed E-state index contributed by atoms with van der Waals surface area (Å²) < 4.78 is 0. The number of rotatable bonds is 5. The highest BCUT2D eigenvalue weighted by molar-refractivity contribution is 5.94. The molecule has 0 aliphatic carbocycles. The number of carbonyl (C=O) groups is 2. The van der Waals surface area contributed by atoms with E-state index >= 15 is 0 Å². The molecule has 5 heteroatoms. The van der Waals surface area contributed by atoms with Gasteiger partial charge in [0.05, 0.1) is 6.04 Å². The minimum Gasteiger partial charge on any atom is -0.342 e. The van der Waals surface area contributed by atoms with Gasteiger partial charge < -0.3 is 16.0 Å². The quantitative estimate of drug-likeness (QED) is 0.858. The van der Waals surface area contributed by atoms with Gasteiger partial charge in [-0.1, -0.05) is 26.0 Å². The van der Waals surface area contributed by atoms with Crippen LogP contribution in [0.1, 0.15) is 26.3 Å². The number of amides is 2. The second kappa shape index (κ2) is 7.05. The summed E-state index contributed by atoms with van der Waals surface area (Å²) in [6, 6.07) is 6.89.